The molecule has 128 valence electrons. The lowest BCUT2D eigenvalue weighted by atomic mass is 9.86. The van der Waals surface area contributed by atoms with E-state index in [0.29, 0.717) is 11.6 Å². The SMILES string of the molecule is CC(C)(C)c1cc(NC(=O)c2cc(C(F)(F)F)ccn2)ccc1F. The third-order valence-electron chi connectivity index (χ3n) is 3.35. The Bertz CT molecular complexity index is 764. The number of nitrogens with zero attached hydrogens (tertiary/aromatic N) is 1. The van der Waals surface area contributed by atoms with Gasteiger partial charge in [0.2, 0.25) is 0 Å². The molecule has 0 aliphatic rings. The third-order valence-corrected chi connectivity index (χ3v) is 3.35. The Morgan fingerprint density at radius 2 is 1.75 bits per heavy atom. The fraction of sp³-hybridized carbons (Fsp3) is 0.294. The molecule has 1 aromatic carbocycles. The Kier molecular flexibility index (Phi) is 4.64. The van der Waals surface area contributed by atoms with Gasteiger partial charge in [-0.1, -0.05) is 20.8 Å². The molecule has 24 heavy (non-hydrogen) atoms. The Morgan fingerprint density at radius 1 is 1.08 bits per heavy atom. The first-order valence-electron chi connectivity index (χ1n) is 7.13. The summed E-state index contributed by atoms with van der Waals surface area (Å²) >= 11 is 0. The second-order valence-electron chi connectivity index (χ2n) is 6.33. The molecule has 1 heterocycles. The number of carbonyl (C=O) groups excluding carboxylic acids is 1. The van der Waals surface area contributed by atoms with Gasteiger partial charge < -0.3 is 5.32 Å². The normalized spacial score (nSPS) is 12.1. The Hall–Kier alpha value is -2.44. The zero-order chi connectivity index (χ0) is 18.1. The third kappa shape index (κ3) is 4.10. The van der Waals surface area contributed by atoms with Crippen LogP contribution in [0, 0.1) is 5.82 Å². The highest BCUT2D eigenvalue weighted by atomic mass is 19.4. The zero-order valence-electron chi connectivity index (χ0n) is 13.3. The summed E-state index contributed by atoms with van der Waals surface area (Å²) in [6, 6.07) is 5.46. The summed E-state index contributed by atoms with van der Waals surface area (Å²) < 4.78 is 51.9. The van der Waals surface area contributed by atoms with Crippen LogP contribution in [-0.4, -0.2) is 10.9 Å². The van der Waals surface area contributed by atoms with Crippen LogP contribution in [0.5, 0.6) is 0 Å². The van der Waals surface area contributed by atoms with Crippen LogP contribution < -0.4 is 5.32 Å². The largest absolute Gasteiger partial charge is 0.416 e. The average Bonchev–Trinajstić information content (AvgIpc) is 2.47. The second-order valence-corrected chi connectivity index (χ2v) is 6.33. The molecule has 0 aliphatic carbocycles. The predicted octanol–water partition coefficient (Wildman–Crippen LogP) is 4.79. The van der Waals surface area contributed by atoms with Crippen molar-refractivity contribution in [2.45, 2.75) is 32.4 Å². The monoisotopic (exact) mass is 340 g/mol. The van der Waals surface area contributed by atoms with Crippen molar-refractivity contribution in [3.63, 3.8) is 0 Å². The molecule has 2 rings (SSSR count). The number of pyridine rings is 1. The smallest absolute Gasteiger partial charge is 0.321 e. The average molecular weight is 340 g/mol. The molecule has 2 aromatic rings. The Labute approximate surface area is 136 Å². The number of carbonyl (C=O) groups is 1. The van der Waals surface area contributed by atoms with Gasteiger partial charge in [-0.3, -0.25) is 9.78 Å². The summed E-state index contributed by atoms with van der Waals surface area (Å²) in [5, 5.41) is 2.44. The van der Waals surface area contributed by atoms with Crippen LogP contribution >= 0.6 is 0 Å². The number of anilines is 1. The number of amides is 1. The number of hydrogen-bond donors (Lipinski definition) is 1. The lowest BCUT2D eigenvalue weighted by molar-refractivity contribution is -0.137. The summed E-state index contributed by atoms with van der Waals surface area (Å²) in [6.45, 7) is 5.43. The number of nitrogens with one attached hydrogen (secondary N) is 1. The van der Waals surface area contributed by atoms with E-state index >= 15 is 0 Å². The summed E-state index contributed by atoms with van der Waals surface area (Å²) in [4.78, 5) is 15.8. The topological polar surface area (TPSA) is 42.0 Å². The minimum Gasteiger partial charge on any atom is -0.321 e. The van der Waals surface area contributed by atoms with E-state index in [1.807, 2.05) is 20.8 Å². The van der Waals surface area contributed by atoms with Crippen molar-refractivity contribution in [1.82, 2.24) is 4.98 Å². The molecule has 1 amide bonds. The van der Waals surface area contributed by atoms with Gasteiger partial charge in [0, 0.05) is 11.9 Å². The summed E-state index contributed by atoms with van der Waals surface area (Å²) in [5.41, 5.74) is -1.15. The van der Waals surface area contributed by atoms with Gasteiger partial charge >= 0.3 is 6.18 Å². The van der Waals surface area contributed by atoms with Gasteiger partial charge in [0.1, 0.15) is 11.5 Å². The molecule has 0 aliphatic heterocycles. The fourth-order valence-electron chi connectivity index (χ4n) is 2.10. The van der Waals surface area contributed by atoms with E-state index in [-0.39, 0.29) is 11.4 Å². The molecule has 1 N–H and O–H groups in total. The molecule has 0 radical (unpaired) electrons. The van der Waals surface area contributed by atoms with E-state index in [0.717, 1.165) is 12.3 Å². The standard InChI is InChI=1S/C17H16F4N2O/c1-16(2,3)12-9-11(4-5-13(12)18)23-15(24)14-8-10(6-7-22-14)17(19,20)21/h4-9H,1-3H3,(H,23,24). The molecular weight excluding hydrogens is 324 g/mol. The number of hydrogen-bond acceptors (Lipinski definition) is 2. The number of rotatable bonds is 2. The van der Waals surface area contributed by atoms with Crippen molar-refractivity contribution in [1.29, 1.82) is 0 Å². The first-order chi connectivity index (χ1) is 11.0. The first kappa shape index (κ1) is 17.9. The highest BCUT2D eigenvalue weighted by molar-refractivity contribution is 6.03. The minimum absolute atomic E-state index is 0.283. The maximum atomic E-state index is 13.9. The molecule has 7 heteroatoms. The highest BCUT2D eigenvalue weighted by Crippen LogP contribution is 2.30. The van der Waals surface area contributed by atoms with E-state index in [1.54, 1.807) is 0 Å². The van der Waals surface area contributed by atoms with Gasteiger partial charge in [-0.25, -0.2) is 4.39 Å². The lowest BCUT2D eigenvalue weighted by Crippen LogP contribution is -2.18. The molecule has 0 fully saturated rings. The van der Waals surface area contributed by atoms with Crippen molar-refractivity contribution in [3.05, 3.63) is 59.2 Å². The molecule has 0 saturated carbocycles. The van der Waals surface area contributed by atoms with Gasteiger partial charge in [0.15, 0.2) is 0 Å². The van der Waals surface area contributed by atoms with Crippen LogP contribution in [0.4, 0.5) is 23.2 Å². The van der Waals surface area contributed by atoms with E-state index in [1.165, 1.54) is 18.2 Å². The molecule has 0 atom stereocenters. The minimum atomic E-state index is -4.56. The van der Waals surface area contributed by atoms with Crippen molar-refractivity contribution in [3.8, 4) is 0 Å². The molecule has 3 nitrogen and oxygen atoms in total. The van der Waals surface area contributed by atoms with Gasteiger partial charge in [-0.15, -0.1) is 0 Å². The number of alkyl halides is 3. The van der Waals surface area contributed by atoms with Crippen molar-refractivity contribution >= 4 is 11.6 Å². The second kappa shape index (κ2) is 6.22. The summed E-state index contributed by atoms with van der Waals surface area (Å²) in [6.07, 6.45) is -3.64. The maximum absolute atomic E-state index is 13.9. The first-order valence-corrected chi connectivity index (χ1v) is 7.13. The Morgan fingerprint density at radius 3 is 2.33 bits per heavy atom. The summed E-state index contributed by atoms with van der Waals surface area (Å²) in [7, 11) is 0. The van der Waals surface area contributed by atoms with Crippen LogP contribution in [0.15, 0.2) is 36.5 Å². The fourth-order valence-corrected chi connectivity index (χ4v) is 2.10. The molecule has 0 spiro atoms. The van der Waals surface area contributed by atoms with Crippen molar-refractivity contribution < 1.29 is 22.4 Å². The van der Waals surface area contributed by atoms with Crippen LogP contribution in [0.1, 0.15) is 42.4 Å². The molecule has 0 unspecified atom stereocenters. The summed E-state index contributed by atoms with van der Waals surface area (Å²) in [5.74, 6) is -1.22. The molecule has 0 saturated heterocycles. The Balaban J connectivity index is 2.28. The van der Waals surface area contributed by atoms with Gasteiger partial charge in [0.25, 0.3) is 5.91 Å². The molecule has 1 aromatic heterocycles. The van der Waals surface area contributed by atoms with E-state index in [2.05, 4.69) is 10.3 Å². The van der Waals surface area contributed by atoms with Crippen LogP contribution in [0.2, 0.25) is 0 Å². The van der Waals surface area contributed by atoms with Gasteiger partial charge in [-0.05, 0) is 41.3 Å². The zero-order valence-corrected chi connectivity index (χ0v) is 13.3. The molecule has 0 bridgehead atoms. The van der Waals surface area contributed by atoms with Crippen molar-refractivity contribution in [2.24, 2.45) is 0 Å². The van der Waals surface area contributed by atoms with E-state index < -0.39 is 28.9 Å². The van der Waals surface area contributed by atoms with E-state index in [4.69, 9.17) is 0 Å². The van der Waals surface area contributed by atoms with Crippen molar-refractivity contribution in [2.75, 3.05) is 5.32 Å². The number of benzene rings is 1. The van der Waals surface area contributed by atoms with Crippen LogP contribution in [0.25, 0.3) is 0 Å². The quantitative estimate of drug-likeness (QED) is 0.799. The number of halogens is 4. The lowest BCUT2D eigenvalue weighted by Gasteiger charge is -2.20. The predicted molar refractivity (Wildman–Crippen MR) is 82.3 cm³/mol. The molecular formula is C17H16F4N2O. The van der Waals surface area contributed by atoms with E-state index in [9.17, 15) is 22.4 Å². The van der Waals surface area contributed by atoms with Crippen LogP contribution in [0.3, 0.4) is 0 Å². The van der Waals surface area contributed by atoms with Gasteiger partial charge in [0.05, 0.1) is 5.56 Å². The van der Waals surface area contributed by atoms with Crippen LogP contribution in [-0.2, 0) is 11.6 Å². The maximum Gasteiger partial charge on any atom is 0.416 e. The van der Waals surface area contributed by atoms with Gasteiger partial charge in [-0.2, -0.15) is 13.2 Å². The number of aromatic nitrogens is 1. The highest BCUT2D eigenvalue weighted by Gasteiger charge is 2.31.